The lowest BCUT2D eigenvalue weighted by atomic mass is 9.83. The Morgan fingerprint density at radius 2 is 1.74 bits per heavy atom. The first-order valence-electron chi connectivity index (χ1n) is 8.80. The summed E-state index contributed by atoms with van der Waals surface area (Å²) in [5.74, 6) is -0.744. The van der Waals surface area contributed by atoms with Crippen LogP contribution in [0.3, 0.4) is 0 Å². The number of ketones is 1. The van der Waals surface area contributed by atoms with Crippen LogP contribution in [0, 0.1) is 12.3 Å². The van der Waals surface area contributed by atoms with Gasteiger partial charge in [0.05, 0.1) is 12.0 Å². The van der Waals surface area contributed by atoms with E-state index in [9.17, 15) is 19.2 Å². The number of rotatable bonds is 5. The Labute approximate surface area is 161 Å². The summed E-state index contributed by atoms with van der Waals surface area (Å²) in [6.07, 6.45) is 0.223. The van der Waals surface area contributed by atoms with Crippen LogP contribution in [0.1, 0.15) is 63.2 Å². The van der Waals surface area contributed by atoms with Gasteiger partial charge >= 0.3 is 11.7 Å². The molecule has 0 radical (unpaired) electrons. The van der Waals surface area contributed by atoms with Crippen LogP contribution in [0.2, 0.25) is 0 Å². The number of Topliss-reactive ketones (excluding diaryl/α,β-unsaturated/α-hetero) is 1. The highest BCUT2D eigenvalue weighted by molar-refractivity contribution is 7.20. The molecule has 2 rings (SSSR count). The average Bonchev–Trinajstić information content (AvgIpc) is 2.82. The predicted octanol–water partition coefficient (Wildman–Crippen LogP) is 2.98. The third-order valence-corrected chi connectivity index (χ3v) is 5.57. The van der Waals surface area contributed by atoms with Gasteiger partial charge in [0.1, 0.15) is 15.2 Å². The molecule has 148 valence electrons. The molecule has 0 amide bonds. The lowest BCUT2D eigenvalue weighted by Crippen LogP contribution is -2.51. The van der Waals surface area contributed by atoms with E-state index in [0.29, 0.717) is 10.4 Å². The number of aromatic nitrogens is 2. The largest absolute Gasteiger partial charge is 0.462 e. The lowest BCUT2D eigenvalue weighted by Gasteiger charge is -2.28. The van der Waals surface area contributed by atoms with Crippen molar-refractivity contribution in [2.45, 2.75) is 60.4 Å². The molecule has 8 heteroatoms. The molecule has 0 fully saturated rings. The van der Waals surface area contributed by atoms with E-state index in [-0.39, 0.29) is 34.5 Å². The predicted molar refractivity (Wildman–Crippen MR) is 106 cm³/mol. The topological polar surface area (TPSA) is 98.2 Å². The number of esters is 1. The van der Waals surface area contributed by atoms with E-state index in [2.05, 4.69) is 4.98 Å². The Bertz CT molecular complexity index is 1020. The number of fused-ring (bicyclic) bond motifs is 1. The van der Waals surface area contributed by atoms with Crippen LogP contribution < -0.4 is 11.2 Å². The van der Waals surface area contributed by atoms with Gasteiger partial charge in [-0.3, -0.25) is 14.6 Å². The van der Waals surface area contributed by atoms with Crippen molar-refractivity contribution in [1.82, 2.24) is 9.55 Å². The smallest absolute Gasteiger partial charge is 0.348 e. The van der Waals surface area contributed by atoms with E-state index in [1.807, 2.05) is 20.8 Å². The third kappa shape index (κ3) is 3.90. The number of H-pyrrole nitrogens is 1. The molecule has 1 N–H and O–H groups in total. The van der Waals surface area contributed by atoms with Crippen molar-refractivity contribution in [3.8, 4) is 0 Å². The number of carbonyl (C=O) groups is 2. The summed E-state index contributed by atoms with van der Waals surface area (Å²) in [5, 5.41) is 0.235. The van der Waals surface area contributed by atoms with Crippen LogP contribution in [0.15, 0.2) is 9.59 Å². The molecule has 0 aliphatic rings. The zero-order valence-corrected chi connectivity index (χ0v) is 17.6. The van der Waals surface area contributed by atoms with Crippen molar-refractivity contribution in [3.63, 3.8) is 0 Å². The number of carbonyl (C=O) groups excluding carboxylic acids is 2. The molecule has 0 aromatic carbocycles. The Morgan fingerprint density at radius 1 is 1.15 bits per heavy atom. The van der Waals surface area contributed by atoms with Gasteiger partial charge in [0.15, 0.2) is 5.78 Å². The van der Waals surface area contributed by atoms with E-state index < -0.39 is 22.8 Å². The van der Waals surface area contributed by atoms with Gasteiger partial charge in [0.2, 0.25) is 0 Å². The van der Waals surface area contributed by atoms with Gasteiger partial charge in [0.25, 0.3) is 5.56 Å². The van der Waals surface area contributed by atoms with Gasteiger partial charge < -0.3 is 4.74 Å². The monoisotopic (exact) mass is 394 g/mol. The molecule has 0 aliphatic heterocycles. The molecule has 0 unspecified atom stereocenters. The van der Waals surface area contributed by atoms with E-state index in [1.165, 1.54) is 0 Å². The van der Waals surface area contributed by atoms with E-state index in [0.717, 1.165) is 15.9 Å². The number of ether oxygens (including phenoxy) is 1. The van der Waals surface area contributed by atoms with E-state index >= 15 is 0 Å². The molecule has 0 saturated heterocycles. The van der Waals surface area contributed by atoms with Crippen molar-refractivity contribution in [1.29, 1.82) is 0 Å². The summed E-state index contributed by atoms with van der Waals surface area (Å²) in [4.78, 5) is 53.9. The Hall–Kier alpha value is -2.22. The molecule has 0 bridgehead atoms. The van der Waals surface area contributed by atoms with Crippen molar-refractivity contribution < 1.29 is 14.3 Å². The first-order chi connectivity index (χ1) is 12.3. The second-order valence-electron chi connectivity index (χ2n) is 8.27. The molecule has 2 heterocycles. The van der Waals surface area contributed by atoms with Gasteiger partial charge in [-0.1, -0.05) is 20.8 Å². The number of nitrogens with zero attached hydrogens (tertiary/aromatic N) is 1. The quantitative estimate of drug-likeness (QED) is 0.786. The summed E-state index contributed by atoms with van der Waals surface area (Å²) in [5.41, 5.74) is -2.39. The number of aryl methyl sites for hydroxylation is 1. The summed E-state index contributed by atoms with van der Waals surface area (Å²) in [6.45, 7) is 12.4. The first-order valence-corrected chi connectivity index (χ1v) is 9.62. The fraction of sp³-hybridized carbons (Fsp3) is 0.579. The third-order valence-electron chi connectivity index (χ3n) is 4.38. The van der Waals surface area contributed by atoms with Gasteiger partial charge in [-0.25, -0.2) is 14.2 Å². The SMILES string of the molecule is CCOC(=O)c1sc2[nH]c(=O)n(C(C)(C)C(=O)CC(C)(C)C)c(=O)c2c1C. The highest BCUT2D eigenvalue weighted by Crippen LogP contribution is 2.29. The molecule has 0 aliphatic carbocycles. The minimum atomic E-state index is -1.31. The summed E-state index contributed by atoms with van der Waals surface area (Å²) < 4.78 is 5.97. The van der Waals surface area contributed by atoms with Crippen LogP contribution in [0.4, 0.5) is 0 Å². The number of aromatic amines is 1. The van der Waals surface area contributed by atoms with Crippen LogP contribution in [-0.4, -0.2) is 27.9 Å². The van der Waals surface area contributed by atoms with Gasteiger partial charge in [0, 0.05) is 6.42 Å². The summed E-state index contributed by atoms with van der Waals surface area (Å²) in [7, 11) is 0. The maximum absolute atomic E-state index is 13.1. The summed E-state index contributed by atoms with van der Waals surface area (Å²) >= 11 is 1.01. The van der Waals surface area contributed by atoms with Crippen LogP contribution >= 0.6 is 11.3 Å². The molecule has 0 atom stereocenters. The number of hydrogen-bond acceptors (Lipinski definition) is 6. The van der Waals surface area contributed by atoms with Gasteiger partial charge in [-0.15, -0.1) is 11.3 Å². The zero-order chi connectivity index (χ0) is 20.7. The van der Waals surface area contributed by atoms with Crippen LogP contribution in [0.5, 0.6) is 0 Å². The molecule has 2 aromatic rings. The second kappa shape index (κ2) is 7.07. The molecule has 0 spiro atoms. The Balaban J connectivity index is 2.71. The second-order valence-corrected chi connectivity index (χ2v) is 9.29. The molecule has 7 nitrogen and oxygen atoms in total. The van der Waals surface area contributed by atoms with Crippen molar-refractivity contribution >= 4 is 33.3 Å². The molecule has 2 aromatic heterocycles. The maximum Gasteiger partial charge on any atom is 0.348 e. The Kier molecular flexibility index (Phi) is 5.52. The fourth-order valence-electron chi connectivity index (χ4n) is 2.94. The van der Waals surface area contributed by atoms with E-state index in [1.54, 1.807) is 27.7 Å². The zero-order valence-electron chi connectivity index (χ0n) is 16.8. The molecular formula is C19H26N2O5S. The molecule has 27 heavy (non-hydrogen) atoms. The van der Waals surface area contributed by atoms with Crippen molar-refractivity contribution in [2.75, 3.05) is 6.61 Å². The van der Waals surface area contributed by atoms with Gasteiger partial charge in [-0.2, -0.15) is 0 Å². The number of nitrogens with one attached hydrogen (secondary N) is 1. The standard InChI is InChI=1S/C19H26N2O5S/c1-8-26-16(24)13-10(2)12-14(27-13)20-17(25)21(15(12)23)19(6,7)11(22)9-18(3,4)5/h8-9H2,1-7H3,(H,20,25). The normalized spacial score (nSPS) is 12.4. The van der Waals surface area contributed by atoms with Crippen molar-refractivity contribution in [2.24, 2.45) is 5.41 Å². The van der Waals surface area contributed by atoms with Gasteiger partial charge in [-0.05, 0) is 38.7 Å². The number of thiophene rings is 1. The average molecular weight is 394 g/mol. The number of hydrogen-bond donors (Lipinski definition) is 1. The fourth-order valence-corrected chi connectivity index (χ4v) is 4.02. The highest BCUT2D eigenvalue weighted by Gasteiger charge is 2.36. The lowest BCUT2D eigenvalue weighted by molar-refractivity contribution is -0.128. The first kappa shape index (κ1) is 21.1. The molecule has 0 saturated carbocycles. The van der Waals surface area contributed by atoms with Crippen LogP contribution in [-0.2, 0) is 15.1 Å². The minimum Gasteiger partial charge on any atom is -0.462 e. The Morgan fingerprint density at radius 3 is 2.26 bits per heavy atom. The summed E-state index contributed by atoms with van der Waals surface area (Å²) in [6, 6.07) is 0. The molecular weight excluding hydrogens is 368 g/mol. The van der Waals surface area contributed by atoms with Crippen LogP contribution in [0.25, 0.3) is 10.2 Å². The van der Waals surface area contributed by atoms with E-state index in [4.69, 9.17) is 4.74 Å². The minimum absolute atomic E-state index is 0.208. The van der Waals surface area contributed by atoms with Crippen molar-refractivity contribution in [3.05, 3.63) is 31.3 Å². The maximum atomic E-state index is 13.1. The highest BCUT2D eigenvalue weighted by atomic mass is 32.1.